The Balaban J connectivity index is 2.02. The highest BCUT2D eigenvalue weighted by Crippen LogP contribution is 2.36. The van der Waals surface area contributed by atoms with Crippen LogP contribution in [0.15, 0.2) is 18.5 Å². The van der Waals surface area contributed by atoms with E-state index in [4.69, 9.17) is 0 Å². The molecule has 1 aromatic rings. The summed E-state index contributed by atoms with van der Waals surface area (Å²) in [6.07, 6.45) is 6.52. The maximum Gasteiger partial charge on any atom is 0.311 e. The van der Waals surface area contributed by atoms with Crippen LogP contribution < -0.4 is 5.32 Å². The predicted octanol–water partition coefficient (Wildman–Crippen LogP) is 1.55. The molecule has 6 nitrogen and oxygen atoms in total. The standard InChI is InChI=1S/C14H18N2O4/c17-11-6-10(7-15-8-11)12(18)16-9-14(13(19)20)4-2-1-3-5-14/h6-8,17H,1-5,9H2,(H,16,18)(H,19,20). The Bertz CT molecular complexity index is 510. The molecule has 6 heteroatoms. The molecule has 0 atom stereocenters. The number of carboxylic acids is 1. The number of aromatic nitrogens is 1. The summed E-state index contributed by atoms with van der Waals surface area (Å²) < 4.78 is 0. The number of aliphatic carboxylic acids is 1. The van der Waals surface area contributed by atoms with Crippen LogP contribution >= 0.6 is 0 Å². The number of pyridine rings is 1. The van der Waals surface area contributed by atoms with E-state index in [0.717, 1.165) is 19.3 Å². The summed E-state index contributed by atoms with van der Waals surface area (Å²) in [4.78, 5) is 27.2. The van der Waals surface area contributed by atoms with E-state index in [-0.39, 0.29) is 17.9 Å². The van der Waals surface area contributed by atoms with Gasteiger partial charge in [-0.3, -0.25) is 14.6 Å². The molecular weight excluding hydrogens is 260 g/mol. The maximum atomic E-state index is 11.9. The van der Waals surface area contributed by atoms with Crippen LogP contribution in [0.3, 0.4) is 0 Å². The first-order chi connectivity index (χ1) is 9.53. The number of amides is 1. The van der Waals surface area contributed by atoms with Crippen LogP contribution in [0.1, 0.15) is 42.5 Å². The lowest BCUT2D eigenvalue weighted by Crippen LogP contribution is -2.44. The average Bonchev–Trinajstić information content (AvgIpc) is 2.45. The Morgan fingerprint density at radius 2 is 1.95 bits per heavy atom. The van der Waals surface area contributed by atoms with Gasteiger partial charge in [-0.1, -0.05) is 19.3 Å². The van der Waals surface area contributed by atoms with Crippen molar-refractivity contribution in [2.75, 3.05) is 6.54 Å². The van der Waals surface area contributed by atoms with Crippen molar-refractivity contribution in [3.05, 3.63) is 24.0 Å². The number of rotatable bonds is 4. The third kappa shape index (κ3) is 3.07. The predicted molar refractivity (Wildman–Crippen MR) is 71.4 cm³/mol. The van der Waals surface area contributed by atoms with E-state index in [2.05, 4.69) is 10.3 Å². The normalized spacial score (nSPS) is 17.4. The van der Waals surface area contributed by atoms with Gasteiger partial charge in [-0.2, -0.15) is 0 Å². The molecule has 0 spiro atoms. The van der Waals surface area contributed by atoms with Gasteiger partial charge >= 0.3 is 5.97 Å². The number of hydrogen-bond acceptors (Lipinski definition) is 4. The average molecular weight is 278 g/mol. The van der Waals surface area contributed by atoms with Crippen LogP contribution in [0.2, 0.25) is 0 Å². The number of nitrogens with one attached hydrogen (secondary N) is 1. The van der Waals surface area contributed by atoms with Crippen molar-refractivity contribution in [1.82, 2.24) is 10.3 Å². The van der Waals surface area contributed by atoms with Gasteiger partial charge in [0, 0.05) is 12.7 Å². The second-order valence-corrected chi connectivity index (χ2v) is 5.26. The molecule has 20 heavy (non-hydrogen) atoms. The van der Waals surface area contributed by atoms with E-state index in [1.165, 1.54) is 18.5 Å². The molecule has 1 saturated carbocycles. The zero-order chi connectivity index (χ0) is 14.6. The number of aromatic hydroxyl groups is 1. The van der Waals surface area contributed by atoms with E-state index in [1.54, 1.807) is 0 Å². The van der Waals surface area contributed by atoms with Crippen molar-refractivity contribution >= 4 is 11.9 Å². The van der Waals surface area contributed by atoms with Crippen molar-refractivity contribution in [3.63, 3.8) is 0 Å². The number of nitrogens with zero attached hydrogens (tertiary/aromatic N) is 1. The molecule has 0 aliphatic heterocycles. The molecule has 0 bridgehead atoms. The Labute approximate surface area is 116 Å². The lowest BCUT2D eigenvalue weighted by molar-refractivity contribution is -0.150. The van der Waals surface area contributed by atoms with Crippen molar-refractivity contribution in [3.8, 4) is 5.75 Å². The first-order valence-corrected chi connectivity index (χ1v) is 6.69. The number of carboxylic acid groups (broad SMARTS) is 1. The van der Waals surface area contributed by atoms with Gasteiger partial charge in [-0.05, 0) is 18.9 Å². The molecule has 0 saturated heterocycles. The topological polar surface area (TPSA) is 99.5 Å². The smallest absolute Gasteiger partial charge is 0.311 e. The summed E-state index contributed by atoms with van der Waals surface area (Å²) in [5, 5.41) is 21.3. The SMILES string of the molecule is O=C(NCC1(C(=O)O)CCCCC1)c1cncc(O)c1. The number of hydrogen-bond donors (Lipinski definition) is 3. The summed E-state index contributed by atoms with van der Waals surface area (Å²) in [5.74, 6) is -1.37. The third-order valence-corrected chi connectivity index (χ3v) is 3.84. The summed E-state index contributed by atoms with van der Waals surface area (Å²) in [6, 6.07) is 1.30. The van der Waals surface area contributed by atoms with Crippen molar-refractivity contribution in [1.29, 1.82) is 0 Å². The van der Waals surface area contributed by atoms with Crippen LogP contribution in [0, 0.1) is 5.41 Å². The maximum absolute atomic E-state index is 11.9. The monoisotopic (exact) mass is 278 g/mol. The van der Waals surface area contributed by atoms with Gasteiger partial charge < -0.3 is 15.5 Å². The van der Waals surface area contributed by atoms with Crippen LogP contribution in [-0.2, 0) is 4.79 Å². The summed E-state index contributed by atoms with van der Waals surface area (Å²) >= 11 is 0. The van der Waals surface area contributed by atoms with E-state index in [0.29, 0.717) is 12.8 Å². The highest BCUT2D eigenvalue weighted by molar-refractivity contribution is 5.94. The van der Waals surface area contributed by atoms with Crippen molar-refractivity contribution < 1.29 is 19.8 Å². The van der Waals surface area contributed by atoms with Gasteiger partial charge in [0.05, 0.1) is 17.2 Å². The van der Waals surface area contributed by atoms with Crippen molar-refractivity contribution in [2.24, 2.45) is 5.41 Å². The highest BCUT2D eigenvalue weighted by atomic mass is 16.4. The van der Waals surface area contributed by atoms with Gasteiger partial charge in [0.1, 0.15) is 5.75 Å². The molecule has 0 unspecified atom stereocenters. The summed E-state index contributed by atoms with van der Waals surface area (Å²) in [7, 11) is 0. The third-order valence-electron chi connectivity index (χ3n) is 3.84. The van der Waals surface area contributed by atoms with Gasteiger partial charge in [0.2, 0.25) is 0 Å². The molecule has 1 aliphatic carbocycles. The first-order valence-electron chi connectivity index (χ1n) is 6.69. The first kappa shape index (κ1) is 14.3. The Hall–Kier alpha value is -2.11. The van der Waals surface area contributed by atoms with Crippen molar-refractivity contribution in [2.45, 2.75) is 32.1 Å². The lowest BCUT2D eigenvalue weighted by Gasteiger charge is -2.33. The fourth-order valence-corrected chi connectivity index (χ4v) is 2.60. The second kappa shape index (κ2) is 5.90. The molecule has 1 amide bonds. The second-order valence-electron chi connectivity index (χ2n) is 5.26. The highest BCUT2D eigenvalue weighted by Gasteiger charge is 2.39. The quantitative estimate of drug-likeness (QED) is 0.776. The molecule has 2 rings (SSSR count). The van der Waals surface area contributed by atoms with Crippen LogP contribution in [0.5, 0.6) is 5.75 Å². The minimum Gasteiger partial charge on any atom is -0.506 e. The molecule has 1 heterocycles. The Morgan fingerprint density at radius 1 is 1.25 bits per heavy atom. The molecule has 108 valence electrons. The minimum absolute atomic E-state index is 0.0942. The fourth-order valence-electron chi connectivity index (χ4n) is 2.60. The van der Waals surface area contributed by atoms with Gasteiger partial charge in [0.15, 0.2) is 0 Å². The number of carbonyl (C=O) groups is 2. The van der Waals surface area contributed by atoms with Gasteiger partial charge in [-0.25, -0.2) is 0 Å². The largest absolute Gasteiger partial charge is 0.506 e. The molecule has 0 radical (unpaired) electrons. The Morgan fingerprint density at radius 3 is 2.55 bits per heavy atom. The summed E-state index contributed by atoms with van der Waals surface area (Å²) in [5.41, 5.74) is -0.639. The molecule has 1 fully saturated rings. The van der Waals surface area contributed by atoms with E-state index in [9.17, 15) is 19.8 Å². The van der Waals surface area contributed by atoms with Crippen LogP contribution in [-0.4, -0.2) is 33.6 Å². The van der Waals surface area contributed by atoms with E-state index >= 15 is 0 Å². The lowest BCUT2D eigenvalue weighted by atomic mass is 9.74. The Kier molecular flexibility index (Phi) is 4.22. The zero-order valence-electron chi connectivity index (χ0n) is 11.1. The van der Waals surface area contributed by atoms with E-state index in [1.807, 2.05) is 0 Å². The molecule has 1 aliphatic rings. The van der Waals surface area contributed by atoms with Gasteiger partial charge in [-0.15, -0.1) is 0 Å². The fraction of sp³-hybridized carbons (Fsp3) is 0.500. The van der Waals surface area contributed by atoms with Gasteiger partial charge in [0.25, 0.3) is 5.91 Å². The van der Waals surface area contributed by atoms with E-state index < -0.39 is 17.3 Å². The summed E-state index contributed by atoms with van der Waals surface area (Å²) in [6.45, 7) is 0.108. The molecule has 0 aromatic carbocycles. The van der Waals surface area contributed by atoms with Crippen LogP contribution in [0.4, 0.5) is 0 Å². The molecule has 3 N–H and O–H groups in total. The molecular formula is C14H18N2O4. The van der Waals surface area contributed by atoms with Crippen LogP contribution in [0.25, 0.3) is 0 Å². The minimum atomic E-state index is -0.863. The zero-order valence-corrected chi connectivity index (χ0v) is 11.1. The number of carbonyl (C=O) groups excluding carboxylic acids is 1. The molecule has 1 aromatic heterocycles.